The maximum absolute atomic E-state index is 13.0. The van der Waals surface area contributed by atoms with Gasteiger partial charge in [0.25, 0.3) is 11.8 Å². The van der Waals surface area contributed by atoms with Gasteiger partial charge in [-0.25, -0.2) is 14.5 Å². The van der Waals surface area contributed by atoms with E-state index in [4.69, 9.17) is 17.0 Å². The number of tetrazole rings is 1. The number of amides is 2. The Morgan fingerprint density at radius 3 is 3.00 bits per heavy atom. The molecule has 2 aliphatic heterocycles. The molecule has 0 saturated carbocycles. The third-order valence-electron chi connectivity index (χ3n) is 5.00. The minimum absolute atomic E-state index is 0.118. The van der Waals surface area contributed by atoms with E-state index in [9.17, 15) is 19.5 Å². The van der Waals surface area contributed by atoms with Gasteiger partial charge in [-0.2, -0.15) is 0 Å². The lowest BCUT2D eigenvalue weighted by Gasteiger charge is -2.49. The van der Waals surface area contributed by atoms with Crippen molar-refractivity contribution in [1.82, 2.24) is 35.4 Å². The summed E-state index contributed by atoms with van der Waals surface area (Å²) < 4.78 is 1.53. The number of nitrogens with two attached hydrogens (primary N) is 1. The van der Waals surface area contributed by atoms with Gasteiger partial charge in [-0.1, -0.05) is 28.9 Å². The number of aliphatic carboxylic acids is 1. The van der Waals surface area contributed by atoms with Gasteiger partial charge in [-0.15, -0.1) is 41.2 Å². The number of terminal acetylenes is 1. The molecule has 4 N–H and O–H groups in total. The average molecular weight is 562 g/mol. The van der Waals surface area contributed by atoms with E-state index >= 15 is 0 Å². The van der Waals surface area contributed by atoms with Gasteiger partial charge in [-0.3, -0.25) is 14.5 Å². The quantitative estimate of drug-likeness (QED) is 0.0623. The van der Waals surface area contributed by atoms with Gasteiger partial charge in [0.15, 0.2) is 17.5 Å². The highest BCUT2D eigenvalue weighted by atomic mass is 32.2. The van der Waals surface area contributed by atoms with Gasteiger partial charge in [0.1, 0.15) is 22.8 Å². The van der Waals surface area contributed by atoms with E-state index in [-0.39, 0.29) is 34.6 Å². The van der Waals surface area contributed by atoms with Crippen molar-refractivity contribution in [3.05, 3.63) is 35.0 Å². The van der Waals surface area contributed by atoms with Crippen molar-refractivity contribution in [2.24, 2.45) is 5.16 Å². The van der Waals surface area contributed by atoms with Crippen LogP contribution in [0.4, 0.5) is 5.13 Å². The number of carboxylic acid groups (broad SMARTS) is 1. The number of β-lactam (4-membered cyclic amide) rings is 1. The van der Waals surface area contributed by atoms with Crippen LogP contribution in [0.25, 0.3) is 0 Å². The van der Waals surface area contributed by atoms with E-state index in [0.717, 1.165) is 11.3 Å². The van der Waals surface area contributed by atoms with E-state index in [1.54, 1.807) is 6.08 Å². The third kappa shape index (κ3) is 5.45. The molecule has 0 aliphatic carbocycles. The fourth-order valence-electron chi connectivity index (χ4n) is 3.43. The lowest BCUT2D eigenvalue weighted by molar-refractivity contribution is -0.150. The van der Waals surface area contributed by atoms with E-state index in [0.29, 0.717) is 23.0 Å². The number of thioether (sulfide) groups is 2. The fourth-order valence-corrected chi connectivity index (χ4v) is 6.35. The van der Waals surface area contributed by atoms with Crippen LogP contribution in [0.15, 0.2) is 39.6 Å². The Balaban J connectivity index is 1.49. The first-order valence-corrected chi connectivity index (χ1v) is 13.3. The monoisotopic (exact) mass is 561 g/mol. The maximum Gasteiger partial charge on any atom is 0.352 e. The number of carbonyl (C=O) groups is 3. The summed E-state index contributed by atoms with van der Waals surface area (Å²) >= 11 is 3.68. The van der Waals surface area contributed by atoms with Gasteiger partial charge < -0.3 is 21.0 Å². The number of nitrogen functional groups attached to an aromatic ring is 1. The summed E-state index contributed by atoms with van der Waals surface area (Å²) in [6.45, 7) is 3.87. The summed E-state index contributed by atoms with van der Waals surface area (Å²) in [4.78, 5) is 48.3. The fraction of sp³-hybridized carbons (Fsp3) is 0.300. The van der Waals surface area contributed by atoms with Crippen LogP contribution in [-0.4, -0.2) is 88.2 Å². The minimum Gasteiger partial charge on any atom is -0.477 e. The summed E-state index contributed by atoms with van der Waals surface area (Å²) in [5.74, 6) is 0.265. The molecule has 2 aliphatic rings. The smallest absolute Gasteiger partial charge is 0.352 e. The van der Waals surface area contributed by atoms with Crippen LogP contribution in [0, 0.1) is 12.3 Å². The van der Waals surface area contributed by atoms with E-state index in [2.05, 4.69) is 43.5 Å². The molecule has 1 saturated heterocycles. The van der Waals surface area contributed by atoms with Crippen LogP contribution in [0.5, 0.6) is 0 Å². The molecule has 2 atom stereocenters. The summed E-state index contributed by atoms with van der Waals surface area (Å²) in [5.41, 5.74) is 6.02. The average Bonchev–Trinajstić information content (AvgIpc) is 3.51. The maximum atomic E-state index is 13.0. The number of aromatic nitrogens is 5. The summed E-state index contributed by atoms with van der Waals surface area (Å²) in [6, 6.07) is -0.977. The van der Waals surface area contributed by atoms with Crippen molar-refractivity contribution in [2.75, 3.05) is 23.8 Å². The van der Waals surface area contributed by atoms with Crippen molar-refractivity contribution < 1.29 is 24.3 Å². The third-order valence-corrected chi connectivity index (χ3v) is 8.05. The van der Waals surface area contributed by atoms with Gasteiger partial charge in [0.05, 0.1) is 6.54 Å². The zero-order valence-corrected chi connectivity index (χ0v) is 21.4. The largest absolute Gasteiger partial charge is 0.477 e. The summed E-state index contributed by atoms with van der Waals surface area (Å²) in [6.07, 6.45) is 6.79. The number of fused-ring (bicyclic) bond motifs is 1. The van der Waals surface area contributed by atoms with Crippen LogP contribution in [0.1, 0.15) is 5.69 Å². The van der Waals surface area contributed by atoms with Gasteiger partial charge in [0.2, 0.25) is 5.16 Å². The molecule has 1 fully saturated rings. The topological polar surface area (TPSA) is 191 Å². The van der Waals surface area contributed by atoms with Crippen molar-refractivity contribution in [2.45, 2.75) is 23.1 Å². The molecule has 0 aromatic carbocycles. The molecule has 0 spiro atoms. The first kappa shape index (κ1) is 26.2. The van der Waals surface area contributed by atoms with Crippen LogP contribution in [0.3, 0.4) is 0 Å². The molecular formula is C20H19N9O5S3. The Bertz CT molecular complexity index is 1340. The molecule has 4 heterocycles. The minimum atomic E-state index is -1.24. The highest BCUT2D eigenvalue weighted by Crippen LogP contribution is 2.41. The normalized spacial score (nSPS) is 19.1. The predicted octanol–water partition coefficient (Wildman–Crippen LogP) is -0.217. The van der Waals surface area contributed by atoms with Crippen LogP contribution in [-0.2, 0) is 25.8 Å². The summed E-state index contributed by atoms with van der Waals surface area (Å²) in [7, 11) is 0. The van der Waals surface area contributed by atoms with E-state index < -0.39 is 29.2 Å². The Morgan fingerprint density at radius 2 is 2.32 bits per heavy atom. The Kier molecular flexibility index (Phi) is 8.11. The number of nitrogens with zero attached hydrogens (tertiary/aromatic N) is 7. The molecule has 0 radical (unpaired) electrons. The number of carboxylic acids is 1. The van der Waals surface area contributed by atoms with Crippen LogP contribution >= 0.6 is 34.9 Å². The second-order valence-electron chi connectivity index (χ2n) is 7.33. The number of oxime groups is 1. The standard InChI is InChI=1S/C20H19N9O5S3/c1-3-5-28-20(24-26-27-28)37-8-10-7-35-17-13(16(31)29(17)14(10)18(32)33)23-15(30)12(25-34-6-4-2)11-9-36-19(21)22-11/h2-3,9,13,17H,1,5-8H2,(H2,21,22)(H,23,30)(H,32,33)/t13?,17-/m0/s1. The molecule has 1 unspecified atom stereocenters. The molecule has 0 bridgehead atoms. The lowest BCUT2D eigenvalue weighted by Crippen LogP contribution is -2.71. The van der Waals surface area contributed by atoms with Crippen LogP contribution < -0.4 is 11.1 Å². The predicted molar refractivity (Wildman–Crippen MR) is 136 cm³/mol. The molecule has 4 rings (SSSR count). The molecule has 37 heavy (non-hydrogen) atoms. The number of hydrogen-bond acceptors (Lipinski definition) is 13. The zero-order chi connectivity index (χ0) is 26.5. The van der Waals surface area contributed by atoms with Gasteiger partial charge in [-0.05, 0) is 16.0 Å². The van der Waals surface area contributed by atoms with Crippen molar-refractivity contribution in [3.8, 4) is 12.3 Å². The van der Waals surface area contributed by atoms with E-state index in [1.165, 1.54) is 38.5 Å². The van der Waals surface area contributed by atoms with Crippen molar-refractivity contribution in [3.63, 3.8) is 0 Å². The Hall–Kier alpha value is -3.88. The van der Waals surface area contributed by atoms with Crippen molar-refractivity contribution >= 4 is 63.5 Å². The van der Waals surface area contributed by atoms with Crippen LogP contribution in [0.2, 0.25) is 0 Å². The van der Waals surface area contributed by atoms with Crippen molar-refractivity contribution in [1.29, 1.82) is 0 Å². The molecule has 14 nitrogen and oxygen atoms in total. The second kappa shape index (κ2) is 11.5. The number of anilines is 1. The number of carbonyl (C=O) groups excluding carboxylic acids is 2. The van der Waals surface area contributed by atoms with E-state index in [1.807, 2.05) is 0 Å². The highest BCUT2D eigenvalue weighted by Gasteiger charge is 2.54. The first-order chi connectivity index (χ1) is 17.8. The Morgan fingerprint density at radius 1 is 1.51 bits per heavy atom. The number of rotatable bonds is 11. The molecule has 17 heteroatoms. The second-order valence-corrected chi connectivity index (χ2v) is 10.3. The lowest BCUT2D eigenvalue weighted by atomic mass is 10.0. The SMILES string of the molecule is C#CCON=C(C(=O)NC1C(=O)N2C(C(=O)O)=C(CSc3nnnn3CC=C)CS[C@@H]12)c1csc(N)n1. The van der Waals surface area contributed by atoms with Gasteiger partial charge >= 0.3 is 5.97 Å². The first-order valence-electron chi connectivity index (χ1n) is 10.4. The highest BCUT2D eigenvalue weighted by molar-refractivity contribution is 8.01. The number of nitrogens with one attached hydrogen (secondary N) is 1. The number of hydrogen-bond donors (Lipinski definition) is 3. The zero-order valence-electron chi connectivity index (χ0n) is 18.9. The molecule has 192 valence electrons. The summed E-state index contributed by atoms with van der Waals surface area (Å²) in [5, 5.41) is 29.2. The Labute approximate surface area is 222 Å². The molecule has 2 aromatic rings. The van der Waals surface area contributed by atoms with Gasteiger partial charge in [0, 0.05) is 16.9 Å². The molecule has 2 amide bonds. The number of thiazole rings is 1. The number of allylic oxidation sites excluding steroid dienone is 1. The molecule has 2 aromatic heterocycles. The molecular weight excluding hydrogens is 542 g/mol.